The summed E-state index contributed by atoms with van der Waals surface area (Å²) in [7, 11) is 0. The first-order valence-corrected chi connectivity index (χ1v) is 4.95. The lowest BCUT2D eigenvalue weighted by molar-refractivity contribution is -0.121. The standard InChI is InChI=1S/C12H12N2O2/c1-9(15)7-8-11(16)12(14-13)10-5-3-2-4-6-10/h2-6H,7-8H2,1H3. The lowest BCUT2D eigenvalue weighted by atomic mass is 10.0. The minimum Gasteiger partial charge on any atom is -0.361 e. The van der Waals surface area contributed by atoms with Crippen LogP contribution in [0.15, 0.2) is 30.3 Å². The molecule has 16 heavy (non-hydrogen) atoms. The highest BCUT2D eigenvalue weighted by Gasteiger charge is 2.21. The van der Waals surface area contributed by atoms with Crippen molar-refractivity contribution >= 4 is 17.3 Å². The molecule has 4 nitrogen and oxygen atoms in total. The van der Waals surface area contributed by atoms with E-state index in [2.05, 4.69) is 4.79 Å². The van der Waals surface area contributed by atoms with E-state index in [1.807, 2.05) is 0 Å². The van der Waals surface area contributed by atoms with Crippen LogP contribution in [0.5, 0.6) is 0 Å². The fourth-order valence-electron chi connectivity index (χ4n) is 1.28. The summed E-state index contributed by atoms with van der Waals surface area (Å²) in [4.78, 5) is 25.4. The quantitative estimate of drug-likeness (QED) is 0.426. The number of ketones is 2. The van der Waals surface area contributed by atoms with E-state index in [9.17, 15) is 9.59 Å². The highest BCUT2D eigenvalue weighted by Crippen LogP contribution is 2.03. The van der Waals surface area contributed by atoms with Gasteiger partial charge in [-0.05, 0) is 19.1 Å². The number of Topliss-reactive ketones (excluding diaryl/α,β-unsaturated/α-hetero) is 2. The molecule has 0 aliphatic carbocycles. The third-order valence-corrected chi connectivity index (χ3v) is 2.12. The molecule has 0 aliphatic rings. The maximum Gasteiger partial charge on any atom is 0.364 e. The van der Waals surface area contributed by atoms with Gasteiger partial charge in [-0.2, -0.15) is 4.79 Å². The molecule has 0 aliphatic heterocycles. The summed E-state index contributed by atoms with van der Waals surface area (Å²) < 4.78 is 0. The van der Waals surface area contributed by atoms with E-state index < -0.39 is 0 Å². The third-order valence-electron chi connectivity index (χ3n) is 2.12. The molecule has 1 aromatic rings. The van der Waals surface area contributed by atoms with Gasteiger partial charge in [0, 0.05) is 12.8 Å². The van der Waals surface area contributed by atoms with Crippen LogP contribution in [0.25, 0.3) is 5.53 Å². The molecule has 4 heteroatoms. The van der Waals surface area contributed by atoms with Crippen molar-refractivity contribution in [3.05, 3.63) is 41.4 Å². The summed E-state index contributed by atoms with van der Waals surface area (Å²) in [5, 5.41) is 0. The van der Waals surface area contributed by atoms with Gasteiger partial charge in [-0.1, -0.05) is 18.2 Å². The minimum atomic E-state index is -0.330. The Morgan fingerprint density at radius 3 is 2.31 bits per heavy atom. The molecule has 0 heterocycles. The maximum atomic E-state index is 11.6. The average molecular weight is 216 g/mol. The molecule has 0 unspecified atom stereocenters. The van der Waals surface area contributed by atoms with Gasteiger partial charge < -0.3 is 10.3 Å². The molecule has 82 valence electrons. The average Bonchev–Trinajstić information content (AvgIpc) is 2.29. The molecule has 0 saturated heterocycles. The van der Waals surface area contributed by atoms with Crippen molar-refractivity contribution < 1.29 is 14.4 Å². The predicted molar refractivity (Wildman–Crippen MR) is 59.1 cm³/mol. The number of benzene rings is 1. The zero-order chi connectivity index (χ0) is 12.0. The summed E-state index contributed by atoms with van der Waals surface area (Å²) in [5.74, 6) is -0.386. The summed E-state index contributed by atoms with van der Waals surface area (Å²) in [6.45, 7) is 1.42. The lowest BCUT2D eigenvalue weighted by Crippen LogP contribution is -2.17. The number of hydrogen-bond acceptors (Lipinski definition) is 2. The van der Waals surface area contributed by atoms with Gasteiger partial charge in [0.2, 0.25) is 5.78 Å². The van der Waals surface area contributed by atoms with Crippen LogP contribution in [0.1, 0.15) is 25.3 Å². The Balaban J connectivity index is 2.81. The van der Waals surface area contributed by atoms with Crippen LogP contribution in [-0.4, -0.2) is 22.1 Å². The second-order valence-electron chi connectivity index (χ2n) is 3.44. The molecule has 0 amide bonds. The second kappa shape index (κ2) is 5.73. The Labute approximate surface area is 93.5 Å². The molecule has 0 fully saturated rings. The van der Waals surface area contributed by atoms with Crippen LogP contribution in [0.3, 0.4) is 0 Å². The van der Waals surface area contributed by atoms with Gasteiger partial charge in [0.05, 0.1) is 5.56 Å². The van der Waals surface area contributed by atoms with Crippen molar-refractivity contribution in [3.63, 3.8) is 0 Å². The summed E-state index contributed by atoms with van der Waals surface area (Å²) >= 11 is 0. The van der Waals surface area contributed by atoms with Gasteiger partial charge in [0.1, 0.15) is 5.78 Å². The predicted octanol–water partition coefficient (Wildman–Crippen LogP) is 1.64. The SMILES string of the molecule is CC(=O)CCC(=O)C(=[N+]=[N-])c1ccccc1. The van der Waals surface area contributed by atoms with Crippen molar-refractivity contribution in [1.82, 2.24) is 0 Å². The van der Waals surface area contributed by atoms with Crippen molar-refractivity contribution in [2.75, 3.05) is 0 Å². The molecular formula is C12H12N2O2. The highest BCUT2D eigenvalue weighted by atomic mass is 16.1. The van der Waals surface area contributed by atoms with Gasteiger partial charge >= 0.3 is 5.71 Å². The minimum absolute atomic E-state index is 0.00171. The summed E-state index contributed by atoms with van der Waals surface area (Å²) in [6, 6.07) is 8.66. The van der Waals surface area contributed by atoms with Crippen molar-refractivity contribution in [2.45, 2.75) is 19.8 Å². The van der Waals surface area contributed by atoms with Crippen LogP contribution in [0.4, 0.5) is 0 Å². The molecule has 1 aromatic carbocycles. The Morgan fingerprint density at radius 1 is 1.19 bits per heavy atom. The lowest BCUT2D eigenvalue weighted by Gasteiger charge is -1.95. The largest absolute Gasteiger partial charge is 0.364 e. The van der Waals surface area contributed by atoms with Gasteiger partial charge in [0.15, 0.2) is 0 Å². The Hall–Kier alpha value is -2.06. The Kier molecular flexibility index (Phi) is 4.30. The number of rotatable bonds is 5. The molecule has 0 radical (unpaired) electrons. The number of carbonyl (C=O) groups is 2. The molecular weight excluding hydrogens is 204 g/mol. The van der Waals surface area contributed by atoms with Crippen molar-refractivity contribution in [2.24, 2.45) is 0 Å². The van der Waals surface area contributed by atoms with E-state index in [1.165, 1.54) is 6.92 Å². The van der Waals surface area contributed by atoms with E-state index in [4.69, 9.17) is 5.53 Å². The zero-order valence-corrected chi connectivity index (χ0v) is 9.01. The summed E-state index contributed by atoms with van der Waals surface area (Å²) in [5.41, 5.74) is 9.35. The molecule has 0 saturated carbocycles. The number of nitrogens with zero attached hydrogens (tertiary/aromatic N) is 2. The van der Waals surface area contributed by atoms with E-state index in [0.29, 0.717) is 5.56 Å². The highest BCUT2D eigenvalue weighted by molar-refractivity contribution is 6.44. The first-order valence-electron chi connectivity index (χ1n) is 4.95. The molecule has 1 rings (SSSR count). The molecule has 0 atom stereocenters. The normalized spacial score (nSPS) is 9.31. The van der Waals surface area contributed by atoms with Crippen LogP contribution < -0.4 is 0 Å². The van der Waals surface area contributed by atoms with Crippen LogP contribution >= 0.6 is 0 Å². The maximum absolute atomic E-state index is 11.6. The summed E-state index contributed by atoms with van der Waals surface area (Å²) in [6.07, 6.45) is 0.244. The van der Waals surface area contributed by atoms with Crippen LogP contribution in [0, 0.1) is 0 Å². The molecule has 0 N–H and O–H groups in total. The smallest absolute Gasteiger partial charge is 0.361 e. The zero-order valence-electron chi connectivity index (χ0n) is 9.01. The van der Waals surface area contributed by atoms with Crippen molar-refractivity contribution in [1.29, 1.82) is 0 Å². The van der Waals surface area contributed by atoms with Gasteiger partial charge in [0.25, 0.3) is 0 Å². The fraction of sp³-hybridized carbons (Fsp3) is 0.250. The molecule has 0 spiro atoms. The van der Waals surface area contributed by atoms with E-state index in [1.54, 1.807) is 30.3 Å². The van der Waals surface area contributed by atoms with E-state index in [-0.39, 0.29) is 30.1 Å². The van der Waals surface area contributed by atoms with E-state index in [0.717, 1.165) is 0 Å². The molecule has 0 aromatic heterocycles. The monoisotopic (exact) mass is 216 g/mol. The number of carbonyl (C=O) groups excluding carboxylic acids is 2. The third kappa shape index (κ3) is 3.26. The van der Waals surface area contributed by atoms with Gasteiger partial charge in [-0.3, -0.25) is 4.79 Å². The molecule has 0 bridgehead atoms. The van der Waals surface area contributed by atoms with Crippen LogP contribution in [-0.2, 0) is 9.59 Å². The first kappa shape index (κ1) is 12.0. The van der Waals surface area contributed by atoms with Gasteiger partial charge in [-0.15, -0.1) is 0 Å². The second-order valence-corrected chi connectivity index (χ2v) is 3.44. The first-order chi connectivity index (χ1) is 7.65. The van der Waals surface area contributed by atoms with Crippen molar-refractivity contribution in [3.8, 4) is 0 Å². The Bertz CT molecular complexity index is 445. The topological polar surface area (TPSA) is 70.5 Å². The van der Waals surface area contributed by atoms with Crippen LogP contribution in [0.2, 0.25) is 0 Å². The van der Waals surface area contributed by atoms with Gasteiger partial charge in [-0.25, -0.2) is 0 Å². The Morgan fingerprint density at radius 2 is 1.81 bits per heavy atom. The van der Waals surface area contributed by atoms with E-state index >= 15 is 0 Å². The number of hydrogen-bond donors (Lipinski definition) is 0. The fourth-order valence-corrected chi connectivity index (χ4v) is 1.28.